The molecular weight excluding hydrogens is 244 g/mol. The van der Waals surface area contributed by atoms with Gasteiger partial charge in [-0.05, 0) is 23.6 Å². The first-order valence-electron chi connectivity index (χ1n) is 6.09. The molecule has 0 heterocycles. The number of urea groups is 1. The van der Waals surface area contributed by atoms with Gasteiger partial charge in [-0.1, -0.05) is 26.0 Å². The number of anilines is 1. The number of nitrogens with one attached hydrogen (secondary N) is 2. The maximum Gasteiger partial charge on any atom is 0.312 e. The largest absolute Gasteiger partial charge is 0.352 e. The van der Waals surface area contributed by atoms with Gasteiger partial charge in [0, 0.05) is 12.2 Å². The number of carbonyl (C=O) groups is 2. The fraction of sp³-hybridized carbons (Fsp3) is 0.385. The summed E-state index contributed by atoms with van der Waals surface area (Å²) in [5, 5.41) is 5.23. The Kier molecular flexibility index (Phi) is 5.32. The molecule has 19 heavy (non-hydrogen) atoms. The van der Waals surface area contributed by atoms with Crippen molar-refractivity contribution in [1.82, 2.24) is 5.32 Å². The Balaban J connectivity index is 2.57. The van der Waals surface area contributed by atoms with Gasteiger partial charge < -0.3 is 22.1 Å². The lowest BCUT2D eigenvalue weighted by Gasteiger charge is -2.15. The summed E-state index contributed by atoms with van der Waals surface area (Å²) < 4.78 is 0. The maximum absolute atomic E-state index is 11.7. The molecule has 1 rings (SSSR count). The molecule has 0 aliphatic heterocycles. The van der Waals surface area contributed by atoms with E-state index in [2.05, 4.69) is 10.6 Å². The van der Waals surface area contributed by atoms with Crippen LogP contribution >= 0.6 is 0 Å². The van der Waals surface area contributed by atoms with Crippen LogP contribution in [0.15, 0.2) is 24.3 Å². The van der Waals surface area contributed by atoms with Crippen molar-refractivity contribution in [1.29, 1.82) is 0 Å². The fourth-order valence-corrected chi connectivity index (χ4v) is 1.42. The Bertz CT molecular complexity index is 442. The normalized spacial score (nSPS) is 12.0. The van der Waals surface area contributed by atoms with Crippen molar-refractivity contribution in [2.75, 3.05) is 5.32 Å². The first-order valence-corrected chi connectivity index (χ1v) is 6.09. The Morgan fingerprint density at radius 3 is 2.26 bits per heavy atom. The van der Waals surface area contributed by atoms with E-state index in [0.29, 0.717) is 12.2 Å². The predicted octanol–water partition coefficient (Wildman–Crippen LogP) is 0.777. The Hall–Kier alpha value is -2.08. The summed E-state index contributed by atoms with van der Waals surface area (Å²) in [6.45, 7) is 4.14. The lowest BCUT2D eigenvalue weighted by Crippen LogP contribution is -2.39. The van der Waals surface area contributed by atoms with Crippen molar-refractivity contribution in [2.45, 2.75) is 26.4 Å². The molecule has 0 fully saturated rings. The molecule has 3 amide bonds. The molecule has 6 nitrogen and oxygen atoms in total. The van der Waals surface area contributed by atoms with Crippen molar-refractivity contribution in [3.8, 4) is 0 Å². The van der Waals surface area contributed by atoms with Crippen molar-refractivity contribution in [3.63, 3.8) is 0 Å². The summed E-state index contributed by atoms with van der Waals surface area (Å²) in [6.07, 6.45) is 0. The van der Waals surface area contributed by atoms with E-state index in [1.165, 1.54) is 0 Å². The molecule has 0 saturated heterocycles. The van der Waals surface area contributed by atoms with E-state index < -0.39 is 12.1 Å². The molecule has 0 unspecified atom stereocenters. The molecule has 0 spiro atoms. The third kappa shape index (κ3) is 4.97. The van der Waals surface area contributed by atoms with Gasteiger partial charge in [-0.15, -0.1) is 0 Å². The number of benzene rings is 1. The highest BCUT2D eigenvalue weighted by molar-refractivity contribution is 5.94. The van der Waals surface area contributed by atoms with Crippen LogP contribution in [0.4, 0.5) is 10.5 Å². The summed E-state index contributed by atoms with van der Waals surface area (Å²) in [5.74, 6) is -0.128. The highest BCUT2D eigenvalue weighted by Crippen LogP contribution is 2.11. The van der Waals surface area contributed by atoms with Crippen LogP contribution in [-0.2, 0) is 11.3 Å². The second kappa shape index (κ2) is 6.75. The second-order valence-electron chi connectivity index (χ2n) is 4.67. The molecule has 104 valence electrons. The van der Waals surface area contributed by atoms with Crippen LogP contribution < -0.4 is 22.1 Å². The third-order valence-corrected chi connectivity index (χ3v) is 2.71. The summed E-state index contributed by atoms with van der Waals surface area (Å²) >= 11 is 0. The zero-order valence-electron chi connectivity index (χ0n) is 11.1. The van der Waals surface area contributed by atoms with Gasteiger partial charge in [-0.25, -0.2) is 4.79 Å². The van der Waals surface area contributed by atoms with Crippen LogP contribution in [-0.4, -0.2) is 18.0 Å². The highest BCUT2D eigenvalue weighted by Gasteiger charge is 2.16. The minimum atomic E-state index is -0.569. The molecule has 1 aromatic rings. The van der Waals surface area contributed by atoms with E-state index in [9.17, 15) is 9.59 Å². The molecule has 0 aliphatic rings. The number of hydrogen-bond acceptors (Lipinski definition) is 3. The van der Waals surface area contributed by atoms with Gasteiger partial charge in [0.05, 0.1) is 6.04 Å². The monoisotopic (exact) mass is 264 g/mol. The van der Waals surface area contributed by atoms with E-state index in [1.807, 2.05) is 13.8 Å². The zero-order chi connectivity index (χ0) is 14.4. The predicted molar refractivity (Wildman–Crippen MR) is 74.3 cm³/mol. The molecular formula is C13H20N4O2. The summed E-state index contributed by atoms with van der Waals surface area (Å²) in [7, 11) is 0. The van der Waals surface area contributed by atoms with Crippen molar-refractivity contribution < 1.29 is 9.59 Å². The average Bonchev–Trinajstić information content (AvgIpc) is 2.36. The molecule has 0 aliphatic carbocycles. The van der Waals surface area contributed by atoms with E-state index >= 15 is 0 Å². The number of carbonyl (C=O) groups excluding carboxylic acids is 2. The third-order valence-electron chi connectivity index (χ3n) is 2.71. The number of nitrogens with two attached hydrogens (primary N) is 2. The van der Waals surface area contributed by atoms with E-state index in [4.69, 9.17) is 11.5 Å². The lowest BCUT2D eigenvalue weighted by atomic mass is 10.0. The maximum atomic E-state index is 11.7. The Morgan fingerprint density at radius 2 is 1.79 bits per heavy atom. The minimum absolute atomic E-state index is 0.0824. The van der Waals surface area contributed by atoms with Crippen molar-refractivity contribution in [3.05, 3.63) is 29.8 Å². The Morgan fingerprint density at radius 1 is 1.21 bits per heavy atom. The Labute approximate surface area is 112 Å². The van der Waals surface area contributed by atoms with E-state index in [1.54, 1.807) is 24.3 Å². The van der Waals surface area contributed by atoms with Crippen LogP contribution in [0.3, 0.4) is 0 Å². The summed E-state index contributed by atoms with van der Waals surface area (Å²) in [6, 6.07) is 6.00. The number of hydrogen-bond donors (Lipinski definition) is 4. The number of primary amides is 1. The zero-order valence-corrected chi connectivity index (χ0v) is 11.1. The van der Waals surface area contributed by atoms with Gasteiger partial charge in [0.25, 0.3) is 0 Å². The topological polar surface area (TPSA) is 110 Å². The van der Waals surface area contributed by atoms with Crippen LogP contribution in [0.1, 0.15) is 19.4 Å². The van der Waals surface area contributed by atoms with Gasteiger partial charge in [0.2, 0.25) is 5.91 Å². The van der Waals surface area contributed by atoms with Crippen LogP contribution in [0.2, 0.25) is 0 Å². The van der Waals surface area contributed by atoms with Crippen LogP contribution in [0.5, 0.6) is 0 Å². The molecule has 6 heteroatoms. The second-order valence-corrected chi connectivity index (χ2v) is 4.67. The van der Waals surface area contributed by atoms with E-state index in [-0.39, 0.29) is 11.8 Å². The van der Waals surface area contributed by atoms with Gasteiger partial charge in [0.15, 0.2) is 0 Å². The quantitative estimate of drug-likeness (QED) is 0.630. The van der Waals surface area contributed by atoms with Gasteiger partial charge in [-0.3, -0.25) is 4.79 Å². The molecule has 1 atom stereocenters. The van der Waals surface area contributed by atoms with Gasteiger partial charge >= 0.3 is 6.03 Å². The van der Waals surface area contributed by atoms with E-state index in [0.717, 1.165) is 5.56 Å². The van der Waals surface area contributed by atoms with Crippen LogP contribution in [0.25, 0.3) is 0 Å². The lowest BCUT2D eigenvalue weighted by molar-refractivity contribution is -0.118. The first-order chi connectivity index (χ1) is 8.90. The SMILES string of the molecule is CC(C)[C@H](N)C(=O)Nc1ccc(CNC(N)=O)cc1. The van der Waals surface area contributed by atoms with Crippen molar-refractivity contribution >= 4 is 17.6 Å². The number of rotatable bonds is 5. The van der Waals surface area contributed by atoms with Crippen LogP contribution in [0, 0.1) is 5.92 Å². The molecule has 0 radical (unpaired) electrons. The number of amides is 3. The molecule has 6 N–H and O–H groups in total. The summed E-state index contributed by atoms with van der Waals surface area (Å²) in [5.41, 5.74) is 12.3. The minimum Gasteiger partial charge on any atom is -0.352 e. The summed E-state index contributed by atoms with van der Waals surface area (Å²) in [4.78, 5) is 22.3. The molecule has 0 bridgehead atoms. The van der Waals surface area contributed by atoms with Gasteiger partial charge in [-0.2, -0.15) is 0 Å². The molecule has 0 aromatic heterocycles. The van der Waals surface area contributed by atoms with Gasteiger partial charge in [0.1, 0.15) is 0 Å². The standard InChI is InChI=1S/C13H20N4O2/c1-8(2)11(14)12(18)17-10-5-3-9(4-6-10)7-16-13(15)19/h3-6,8,11H,7,14H2,1-2H3,(H,17,18)(H3,15,16,19)/t11-/m0/s1. The highest BCUT2D eigenvalue weighted by atomic mass is 16.2. The molecule has 1 aromatic carbocycles. The smallest absolute Gasteiger partial charge is 0.312 e. The fourth-order valence-electron chi connectivity index (χ4n) is 1.42. The average molecular weight is 264 g/mol. The molecule has 0 saturated carbocycles. The first kappa shape index (κ1) is 15.0. The van der Waals surface area contributed by atoms with Crippen molar-refractivity contribution in [2.24, 2.45) is 17.4 Å².